The van der Waals surface area contributed by atoms with Crippen molar-refractivity contribution in [2.45, 2.75) is 38.0 Å². The zero-order valence-electron chi connectivity index (χ0n) is 19.2. The second-order valence-electron chi connectivity index (χ2n) is 7.08. The SMILES string of the molecule is COc1nc2c(s1)CCNCC2.O=C(O)C(F)(F)F.O=C(O)C(F)(F)F.O=c1[nH]c2c(s1)CCNCC2. The molecule has 0 saturated heterocycles. The molecule has 0 fully saturated rings. The lowest BCUT2D eigenvalue weighted by molar-refractivity contribution is -0.193. The number of H-pyrrole nitrogens is 1. The summed E-state index contributed by atoms with van der Waals surface area (Å²) >= 11 is 3.03. The van der Waals surface area contributed by atoms with Gasteiger partial charge in [-0.15, -0.1) is 0 Å². The highest BCUT2D eigenvalue weighted by molar-refractivity contribution is 7.13. The van der Waals surface area contributed by atoms with Crippen LogP contribution in [-0.2, 0) is 35.3 Å². The standard InChI is InChI=1S/C8H12N2OS.C7H10N2OS.2C2HF3O2/c1-11-8-10-6-2-4-9-5-3-7(6)12-8;10-7-9-5-1-3-8-4-2-6(5)11-7;2*3-2(4,5)1(6)7/h9H,2-5H2,1H3;8H,1-4H2,(H,9,10);2*(H,6,7). The van der Waals surface area contributed by atoms with Crippen molar-refractivity contribution in [3.8, 4) is 5.19 Å². The minimum atomic E-state index is -5.08. The molecule has 4 heterocycles. The number of thiazole rings is 2. The molecule has 0 unspecified atom stereocenters. The zero-order valence-corrected chi connectivity index (χ0v) is 20.8. The average Bonchev–Trinajstić information content (AvgIpc) is 3.18. The van der Waals surface area contributed by atoms with Crippen molar-refractivity contribution in [1.29, 1.82) is 0 Å². The van der Waals surface area contributed by atoms with Crippen LogP contribution >= 0.6 is 22.7 Å². The maximum Gasteiger partial charge on any atom is 0.490 e. The number of carboxylic acids is 2. The molecule has 2 aliphatic heterocycles. The number of nitrogens with one attached hydrogen (secondary N) is 3. The first-order valence-corrected chi connectivity index (χ1v) is 12.0. The summed E-state index contributed by atoms with van der Waals surface area (Å²) in [6, 6.07) is 0. The Morgan fingerprint density at radius 1 is 0.838 bits per heavy atom. The van der Waals surface area contributed by atoms with Gasteiger partial charge in [0.15, 0.2) is 0 Å². The fraction of sp³-hybridized carbons (Fsp3) is 0.579. The minimum absolute atomic E-state index is 0.0944. The lowest BCUT2D eigenvalue weighted by Gasteiger charge is -1.94. The van der Waals surface area contributed by atoms with Gasteiger partial charge in [-0.3, -0.25) is 4.79 Å². The largest absolute Gasteiger partial charge is 0.490 e. The Kier molecular flexibility index (Phi) is 13.0. The number of aliphatic carboxylic acids is 2. The van der Waals surface area contributed by atoms with Crippen molar-refractivity contribution in [2.75, 3.05) is 33.3 Å². The topological polar surface area (TPSA) is 154 Å². The highest BCUT2D eigenvalue weighted by Gasteiger charge is 2.38. The van der Waals surface area contributed by atoms with Gasteiger partial charge >= 0.3 is 29.2 Å². The zero-order chi connectivity index (χ0) is 28.2. The van der Waals surface area contributed by atoms with E-state index in [0.29, 0.717) is 0 Å². The van der Waals surface area contributed by atoms with E-state index in [1.54, 1.807) is 18.4 Å². The van der Waals surface area contributed by atoms with Gasteiger partial charge < -0.3 is 30.6 Å². The number of aromatic amines is 1. The molecule has 0 spiro atoms. The van der Waals surface area contributed by atoms with Crippen molar-refractivity contribution in [3.05, 3.63) is 30.8 Å². The van der Waals surface area contributed by atoms with E-state index in [2.05, 4.69) is 20.6 Å². The third-order valence-electron chi connectivity index (χ3n) is 4.37. The molecule has 2 aromatic rings. The molecule has 18 heteroatoms. The fourth-order valence-corrected chi connectivity index (χ4v) is 4.51. The van der Waals surface area contributed by atoms with Crippen LogP contribution in [0, 0.1) is 0 Å². The van der Waals surface area contributed by atoms with E-state index >= 15 is 0 Å². The van der Waals surface area contributed by atoms with Gasteiger partial charge in [-0.05, 0) is 12.8 Å². The quantitative estimate of drug-likeness (QED) is 0.319. The first-order chi connectivity index (χ1) is 17.1. The third kappa shape index (κ3) is 12.4. The number of carboxylic acid groups (broad SMARTS) is 2. The predicted molar refractivity (Wildman–Crippen MR) is 122 cm³/mol. The summed E-state index contributed by atoms with van der Waals surface area (Å²) in [5.74, 6) is -5.51. The van der Waals surface area contributed by atoms with Gasteiger partial charge in [0.1, 0.15) is 0 Å². The fourth-order valence-electron chi connectivity index (χ4n) is 2.71. The van der Waals surface area contributed by atoms with Gasteiger partial charge in [-0.1, -0.05) is 22.7 Å². The number of alkyl halides is 6. The lowest BCUT2D eigenvalue weighted by atomic mass is 10.2. The normalized spacial score (nSPS) is 14.9. The number of rotatable bonds is 1. The molecule has 0 atom stereocenters. The summed E-state index contributed by atoms with van der Waals surface area (Å²) in [6.45, 7) is 4.10. The van der Waals surface area contributed by atoms with Crippen LogP contribution in [0.3, 0.4) is 0 Å². The van der Waals surface area contributed by atoms with Crippen LogP contribution in [-0.4, -0.2) is 77.8 Å². The Morgan fingerprint density at radius 2 is 1.30 bits per heavy atom. The molecule has 2 aliphatic rings. The number of ether oxygens (including phenoxy) is 1. The Balaban J connectivity index is 0.000000256. The van der Waals surface area contributed by atoms with Crippen molar-refractivity contribution < 1.29 is 50.9 Å². The van der Waals surface area contributed by atoms with Gasteiger partial charge in [-0.25, -0.2) is 14.6 Å². The number of aromatic nitrogens is 2. The van der Waals surface area contributed by atoms with Crippen molar-refractivity contribution in [3.63, 3.8) is 0 Å². The second-order valence-corrected chi connectivity index (χ2v) is 9.19. The summed E-state index contributed by atoms with van der Waals surface area (Å²) < 4.78 is 68.6. The maximum absolute atomic E-state index is 10.9. The van der Waals surface area contributed by atoms with Crippen LogP contribution in [0.2, 0.25) is 0 Å². The molecule has 0 aliphatic carbocycles. The molecule has 0 amide bonds. The molecule has 37 heavy (non-hydrogen) atoms. The van der Waals surface area contributed by atoms with Crippen LogP contribution in [0.1, 0.15) is 21.1 Å². The predicted octanol–water partition coefficient (Wildman–Crippen LogP) is 2.23. The molecule has 4 rings (SSSR count). The van der Waals surface area contributed by atoms with Gasteiger partial charge in [-0.2, -0.15) is 26.3 Å². The summed E-state index contributed by atoms with van der Waals surface area (Å²) in [5, 5.41) is 21.7. The highest BCUT2D eigenvalue weighted by atomic mass is 32.1. The molecule has 0 saturated carbocycles. The van der Waals surface area contributed by atoms with E-state index in [-0.39, 0.29) is 4.87 Å². The van der Waals surface area contributed by atoms with Gasteiger partial charge in [0, 0.05) is 54.5 Å². The van der Waals surface area contributed by atoms with Gasteiger partial charge in [0.2, 0.25) is 0 Å². The average molecular weight is 583 g/mol. The van der Waals surface area contributed by atoms with Crippen LogP contribution in [0.25, 0.3) is 0 Å². The van der Waals surface area contributed by atoms with E-state index in [1.165, 1.54) is 26.8 Å². The van der Waals surface area contributed by atoms with E-state index in [9.17, 15) is 31.1 Å². The number of nitrogens with zero attached hydrogens (tertiary/aromatic N) is 1. The van der Waals surface area contributed by atoms with Crippen molar-refractivity contribution in [2.24, 2.45) is 0 Å². The summed E-state index contributed by atoms with van der Waals surface area (Å²) in [4.78, 5) is 38.7. The Morgan fingerprint density at radius 3 is 1.78 bits per heavy atom. The second kappa shape index (κ2) is 14.9. The van der Waals surface area contributed by atoms with E-state index in [4.69, 9.17) is 24.5 Å². The molecule has 0 bridgehead atoms. The van der Waals surface area contributed by atoms with Gasteiger partial charge in [0.05, 0.1) is 12.8 Å². The molecular formula is C19H24F6N4O6S2. The van der Waals surface area contributed by atoms with E-state index in [0.717, 1.165) is 62.7 Å². The first-order valence-electron chi connectivity index (χ1n) is 10.4. The maximum atomic E-state index is 10.9. The Bertz CT molecular complexity index is 993. The van der Waals surface area contributed by atoms with E-state index in [1.807, 2.05) is 0 Å². The summed E-state index contributed by atoms with van der Waals surface area (Å²) in [6.07, 6.45) is -6.07. The Labute approximate surface area is 213 Å². The minimum Gasteiger partial charge on any atom is -0.475 e. The van der Waals surface area contributed by atoms with E-state index < -0.39 is 24.3 Å². The van der Waals surface area contributed by atoms with Crippen molar-refractivity contribution >= 4 is 34.6 Å². The van der Waals surface area contributed by atoms with Gasteiger partial charge in [0.25, 0.3) is 5.19 Å². The molecule has 10 nitrogen and oxygen atoms in total. The number of halogens is 6. The first kappa shape index (κ1) is 32.3. The van der Waals surface area contributed by atoms with Crippen LogP contribution < -0.4 is 20.2 Å². The smallest absolute Gasteiger partial charge is 0.475 e. The molecule has 0 radical (unpaired) electrons. The number of fused-ring (bicyclic) bond motifs is 2. The lowest BCUT2D eigenvalue weighted by Crippen LogP contribution is -2.21. The van der Waals surface area contributed by atoms with Crippen LogP contribution in [0.4, 0.5) is 26.3 Å². The van der Waals surface area contributed by atoms with Crippen LogP contribution in [0.15, 0.2) is 4.79 Å². The number of hydrogen-bond donors (Lipinski definition) is 5. The summed E-state index contributed by atoms with van der Waals surface area (Å²) in [7, 11) is 1.68. The van der Waals surface area contributed by atoms with Crippen molar-refractivity contribution in [1.82, 2.24) is 20.6 Å². The van der Waals surface area contributed by atoms with Crippen LogP contribution in [0.5, 0.6) is 5.19 Å². The molecule has 0 aromatic carbocycles. The monoisotopic (exact) mass is 582 g/mol. The number of hydrogen-bond acceptors (Lipinski definition) is 9. The molecule has 2 aromatic heterocycles. The number of methoxy groups -OCH3 is 1. The molecular weight excluding hydrogens is 558 g/mol. The third-order valence-corrected chi connectivity index (χ3v) is 6.47. The summed E-state index contributed by atoms with van der Waals surface area (Å²) in [5.41, 5.74) is 2.37. The molecule has 210 valence electrons. The number of carbonyl (C=O) groups is 2. The molecule has 5 N–H and O–H groups in total. The Hall–Kier alpha value is -2.70. The highest BCUT2D eigenvalue weighted by Crippen LogP contribution is 2.26.